The lowest BCUT2D eigenvalue weighted by Gasteiger charge is -2.33. The molecule has 1 unspecified atom stereocenters. The highest BCUT2D eigenvalue weighted by Crippen LogP contribution is 2.29. The van der Waals surface area contributed by atoms with E-state index < -0.39 is 28.5 Å². The lowest BCUT2D eigenvalue weighted by atomic mass is 10.1. The Morgan fingerprint density at radius 3 is 1.95 bits per heavy atom. The molecule has 230 valence electrons. The van der Waals surface area contributed by atoms with Gasteiger partial charge >= 0.3 is 0 Å². The zero-order chi connectivity index (χ0) is 31.7. The van der Waals surface area contributed by atoms with Crippen molar-refractivity contribution in [1.82, 2.24) is 10.2 Å². The van der Waals surface area contributed by atoms with Gasteiger partial charge in [-0.2, -0.15) is 0 Å². The summed E-state index contributed by atoms with van der Waals surface area (Å²) in [5.74, 6) is 0.288. The van der Waals surface area contributed by atoms with Gasteiger partial charge in [0.05, 0.1) is 10.6 Å². The average molecular weight is 634 g/mol. The third-order valence-corrected chi connectivity index (χ3v) is 8.84. The number of nitrogens with zero attached hydrogens (tertiary/aromatic N) is 2. The third-order valence-electron chi connectivity index (χ3n) is 6.80. The van der Waals surface area contributed by atoms with Gasteiger partial charge in [0, 0.05) is 17.6 Å². The first-order valence-electron chi connectivity index (χ1n) is 14.3. The molecule has 1 atom stereocenters. The molecule has 0 saturated carbocycles. The summed E-state index contributed by atoms with van der Waals surface area (Å²) >= 11 is 6.08. The average Bonchev–Trinajstić information content (AvgIpc) is 3.01. The number of halogens is 1. The molecular weight excluding hydrogens is 598 g/mol. The van der Waals surface area contributed by atoms with Crippen LogP contribution < -0.4 is 14.4 Å². The van der Waals surface area contributed by atoms with Gasteiger partial charge in [0.25, 0.3) is 10.0 Å². The Morgan fingerprint density at radius 1 is 0.818 bits per heavy atom. The molecule has 2 amide bonds. The van der Waals surface area contributed by atoms with Crippen molar-refractivity contribution in [3.8, 4) is 11.5 Å². The molecule has 0 bridgehead atoms. The van der Waals surface area contributed by atoms with Gasteiger partial charge in [-0.05, 0) is 86.5 Å². The first-order chi connectivity index (χ1) is 21.1. The van der Waals surface area contributed by atoms with E-state index in [1.165, 1.54) is 17.0 Å². The topological polar surface area (TPSA) is 96.0 Å². The number of nitrogens with one attached hydrogen (secondary N) is 1. The number of amides is 2. The highest BCUT2D eigenvalue weighted by atomic mass is 35.5. The molecule has 0 aliphatic rings. The van der Waals surface area contributed by atoms with Crippen LogP contribution in [0.2, 0.25) is 5.02 Å². The summed E-state index contributed by atoms with van der Waals surface area (Å²) in [6, 6.07) is 29.6. The second-order valence-electron chi connectivity index (χ2n) is 10.5. The molecule has 0 saturated heterocycles. The zero-order valence-corrected chi connectivity index (χ0v) is 26.5. The summed E-state index contributed by atoms with van der Waals surface area (Å²) in [4.78, 5) is 28.9. The van der Waals surface area contributed by atoms with Crippen molar-refractivity contribution in [2.24, 2.45) is 0 Å². The van der Waals surface area contributed by atoms with E-state index in [9.17, 15) is 18.0 Å². The number of para-hydroxylation sites is 1. The van der Waals surface area contributed by atoms with E-state index in [1.54, 1.807) is 66.7 Å². The maximum Gasteiger partial charge on any atom is 0.264 e. The number of carbonyl (C=O) groups excluding carboxylic acids is 2. The van der Waals surface area contributed by atoms with Gasteiger partial charge in [0.1, 0.15) is 24.1 Å². The Balaban J connectivity index is 1.71. The molecule has 0 heterocycles. The Labute approximate surface area is 264 Å². The van der Waals surface area contributed by atoms with Crippen LogP contribution >= 0.6 is 11.6 Å². The van der Waals surface area contributed by atoms with Crippen molar-refractivity contribution in [3.63, 3.8) is 0 Å². The predicted molar refractivity (Wildman–Crippen MR) is 173 cm³/mol. The van der Waals surface area contributed by atoms with Gasteiger partial charge in [0.15, 0.2) is 0 Å². The fourth-order valence-corrected chi connectivity index (χ4v) is 6.20. The lowest BCUT2D eigenvalue weighted by molar-refractivity contribution is -0.140. The number of ether oxygens (including phenoxy) is 1. The maximum absolute atomic E-state index is 14.2. The van der Waals surface area contributed by atoms with Crippen LogP contribution in [0.5, 0.6) is 11.5 Å². The molecule has 1 N–H and O–H groups in total. The number of rotatable bonds is 13. The highest BCUT2D eigenvalue weighted by Gasteiger charge is 2.33. The van der Waals surface area contributed by atoms with Gasteiger partial charge in [-0.15, -0.1) is 0 Å². The van der Waals surface area contributed by atoms with Crippen LogP contribution in [0.15, 0.2) is 114 Å². The quantitative estimate of drug-likeness (QED) is 0.178. The van der Waals surface area contributed by atoms with E-state index in [1.807, 2.05) is 51.1 Å². The van der Waals surface area contributed by atoms with Gasteiger partial charge < -0.3 is 15.0 Å². The maximum atomic E-state index is 14.2. The summed E-state index contributed by atoms with van der Waals surface area (Å²) in [6.07, 6.45) is 0.328. The number of benzene rings is 4. The molecule has 4 aromatic carbocycles. The molecule has 0 spiro atoms. The molecule has 10 heteroatoms. The Bertz CT molecular complexity index is 1630. The summed E-state index contributed by atoms with van der Waals surface area (Å²) in [5.41, 5.74) is 1.02. The van der Waals surface area contributed by atoms with Crippen molar-refractivity contribution in [2.75, 3.05) is 10.8 Å². The van der Waals surface area contributed by atoms with Gasteiger partial charge in [-0.25, -0.2) is 8.42 Å². The minimum atomic E-state index is -4.18. The van der Waals surface area contributed by atoms with E-state index >= 15 is 0 Å². The summed E-state index contributed by atoms with van der Waals surface area (Å²) in [5, 5.41) is 3.43. The molecular formula is C34H36ClN3O5S. The number of hydrogen-bond acceptors (Lipinski definition) is 5. The van der Waals surface area contributed by atoms with E-state index in [0.717, 1.165) is 9.87 Å². The molecule has 0 radical (unpaired) electrons. The molecule has 0 aliphatic heterocycles. The minimum Gasteiger partial charge on any atom is -0.457 e. The fraction of sp³-hybridized carbons (Fsp3) is 0.235. The van der Waals surface area contributed by atoms with Crippen molar-refractivity contribution in [1.29, 1.82) is 0 Å². The van der Waals surface area contributed by atoms with E-state index in [4.69, 9.17) is 16.3 Å². The second kappa shape index (κ2) is 14.9. The van der Waals surface area contributed by atoms with Gasteiger partial charge in [-0.3, -0.25) is 13.9 Å². The number of sulfonamides is 1. The highest BCUT2D eigenvalue weighted by molar-refractivity contribution is 7.92. The third kappa shape index (κ3) is 8.39. The van der Waals surface area contributed by atoms with E-state index in [2.05, 4.69) is 5.32 Å². The minimum absolute atomic E-state index is 0.0336. The SMILES string of the molecule is CCC(C(=O)NC(C)C)N(Cc1ccc(Cl)cc1)C(=O)CN(c1ccc(Oc2ccccc2)cc1)S(=O)(=O)c1ccccc1. The number of hydrogen-bond donors (Lipinski definition) is 1. The van der Waals surface area contributed by atoms with Gasteiger partial charge in [0.2, 0.25) is 11.8 Å². The molecule has 8 nitrogen and oxygen atoms in total. The fourth-order valence-electron chi connectivity index (χ4n) is 4.64. The van der Waals surface area contributed by atoms with Crippen molar-refractivity contribution in [3.05, 3.63) is 120 Å². The Hall–Kier alpha value is -4.34. The van der Waals surface area contributed by atoms with Crippen molar-refractivity contribution < 1.29 is 22.7 Å². The van der Waals surface area contributed by atoms with Crippen LogP contribution in [0.3, 0.4) is 0 Å². The standard InChI is InChI=1S/C34H36ClN3O5S/c1-4-32(34(40)36-25(2)3)37(23-26-15-17-27(35)18-16-26)33(39)24-38(44(41,42)31-13-9-6-10-14-31)28-19-21-30(22-20-28)43-29-11-7-5-8-12-29/h5-22,25,32H,4,23-24H2,1-3H3,(H,36,40). The van der Waals surface area contributed by atoms with Gasteiger partial charge in [-0.1, -0.05) is 67.1 Å². The largest absolute Gasteiger partial charge is 0.457 e. The predicted octanol–water partition coefficient (Wildman–Crippen LogP) is 6.66. The number of carbonyl (C=O) groups is 2. The first kappa shape index (κ1) is 32.6. The van der Waals surface area contributed by atoms with Crippen LogP contribution in [-0.4, -0.2) is 43.8 Å². The zero-order valence-electron chi connectivity index (χ0n) is 24.9. The molecule has 4 aromatic rings. The van der Waals surface area contributed by atoms with E-state index in [-0.39, 0.29) is 29.1 Å². The van der Waals surface area contributed by atoms with Crippen molar-refractivity contribution >= 4 is 39.1 Å². The van der Waals surface area contributed by atoms with Crippen LogP contribution in [-0.2, 0) is 26.2 Å². The Morgan fingerprint density at radius 2 is 1.39 bits per heavy atom. The summed E-state index contributed by atoms with van der Waals surface area (Å²) in [7, 11) is -4.18. The summed E-state index contributed by atoms with van der Waals surface area (Å²) < 4.78 is 35.0. The molecule has 0 fully saturated rings. The van der Waals surface area contributed by atoms with Crippen molar-refractivity contribution in [2.45, 2.75) is 50.7 Å². The normalized spacial score (nSPS) is 11.9. The van der Waals surface area contributed by atoms with Crippen LogP contribution in [0.4, 0.5) is 5.69 Å². The molecule has 44 heavy (non-hydrogen) atoms. The van der Waals surface area contributed by atoms with E-state index in [0.29, 0.717) is 22.9 Å². The molecule has 4 rings (SSSR count). The molecule has 0 aromatic heterocycles. The lowest BCUT2D eigenvalue weighted by Crippen LogP contribution is -2.53. The first-order valence-corrected chi connectivity index (χ1v) is 16.2. The summed E-state index contributed by atoms with van der Waals surface area (Å²) in [6.45, 7) is 5.06. The smallest absolute Gasteiger partial charge is 0.264 e. The number of anilines is 1. The van der Waals surface area contributed by atoms with Crippen LogP contribution in [0.25, 0.3) is 0 Å². The monoisotopic (exact) mass is 633 g/mol. The van der Waals surface area contributed by atoms with Crippen LogP contribution in [0.1, 0.15) is 32.8 Å². The molecule has 0 aliphatic carbocycles. The van der Waals surface area contributed by atoms with Crippen LogP contribution in [0, 0.1) is 0 Å². The second-order valence-corrected chi connectivity index (χ2v) is 12.8. The Kier molecular flexibility index (Phi) is 11.0.